The number of rotatable bonds is 2. The number of carbonyl (C=O) groups is 3. The summed E-state index contributed by atoms with van der Waals surface area (Å²) in [4.78, 5) is 38.5. The number of hydrogen-bond donors (Lipinski definition) is 0. The third kappa shape index (κ3) is 2.24. The number of benzene rings is 1. The highest BCUT2D eigenvalue weighted by molar-refractivity contribution is 6.00. The van der Waals surface area contributed by atoms with Gasteiger partial charge in [-0.2, -0.15) is 0 Å². The van der Waals surface area contributed by atoms with Crippen molar-refractivity contribution in [1.82, 2.24) is 9.80 Å². The highest BCUT2D eigenvalue weighted by Gasteiger charge is 2.44. The Labute approximate surface area is 128 Å². The van der Waals surface area contributed by atoms with E-state index in [0.29, 0.717) is 18.7 Å². The molecule has 0 atom stereocenters. The van der Waals surface area contributed by atoms with E-state index in [1.165, 1.54) is 0 Å². The molecule has 0 radical (unpaired) electrons. The molecule has 3 amide bonds. The predicted molar refractivity (Wildman–Crippen MR) is 78.5 cm³/mol. The molecule has 6 nitrogen and oxygen atoms in total. The largest absolute Gasteiger partial charge is 0.439 e. The number of imide groups is 1. The Morgan fingerprint density at radius 2 is 1.73 bits per heavy atom. The van der Waals surface area contributed by atoms with Crippen molar-refractivity contribution < 1.29 is 19.1 Å². The van der Waals surface area contributed by atoms with Crippen molar-refractivity contribution in [2.75, 3.05) is 19.7 Å². The summed E-state index contributed by atoms with van der Waals surface area (Å²) in [5, 5.41) is 0. The standard InChI is InChI=1S/C16H18N2O4/c1-9-4-10(2)14(11(3)5-9)15(20)17-6-12(7-17)18-13(19)8-22-16(18)21/h4-5,12H,6-8H2,1-3H3. The Balaban J connectivity index is 1.72. The fraction of sp³-hybridized carbons (Fsp3) is 0.438. The van der Waals surface area contributed by atoms with E-state index in [4.69, 9.17) is 4.74 Å². The van der Waals surface area contributed by atoms with E-state index < -0.39 is 6.09 Å². The molecule has 0 aliphatic carbocycles. The van der Waals surface area contributed by atoms with Gasteiger partial charge >= 0.3 is 6.09 Å². The molecule has 0 spiro atoms. The van der Waals surface area contributed by atoms with Crippen molar-refractivity contribution in [2.24, 2.45) is 0 Å². The van der Waals surface area contributed by atoms with E-state index in [9.17, 15) is 14.4 Å². The molecule has 0 unspecified atom stereocenters. The zero-order chi connectivity index (χ0) is 16.0. The number of likely N-dealkylation sites (tertiary alicyclic amines) is 1. The van der Waals surface area contributed by atoms with Crippen LogP contribution in [0, 0.1) is 20.8 Å². The van der Waals surface area contributed by atoms with Gasteiger partial charge in [-0.3, -0.25) is 9.59 Å². The molecular formula is C16H18N2O4. The van der Waals surface area contributed by atoms with Crippen LogP contribution in [0.1, 0.15) is 27.0 Å². The number of cyclic esters (lactones) is 1. The molecule has 0 N–H and O–H groups in total. The number of carbonyl (C=O) groups excluding carboxylic acids is 3. The monoisotopic (exact) mass is 302 g/mol. The Morgan fingerprint density at radius 3 is 2.23 bits per heavy atom. The second-order valence-corrected chi connectivity index (χ2v) is 5.96. The van der Waals surface area contributed by atoms with Gasteiger partial charge in [-0.05, 0) is 31.9 Å². The first-order valence-electron chi connectivity index (χ1n) is 7.24. The molecule has 22 heavy (non-hydrogen) atoms. The van der Waals surface area contributed by atoms with Crippen LogP contribution in [0.3, 0.4) is 0 Å². The quantitative estimate of drug-likeness (QED) is 0.828. The van der Waals surface area contributed by atoms with Gasteiger partial charge in [0.2, 0.25) is 0 Å². The number of hydrogen-bond acceptors (Lipinski definition) is 4. The van der Waals surface area contributed by atoms with E-state index in [2.05, 4.69) is 0 Å². The second kappa shape index (κ2) is 5.12. The smallest absolute Gasteiger partial charge is 0.417 e. The van der Waals surface area contributed by atoms with Gasteiger partial charge in [0.15, 0.2) is 6.61 Å². The van der Waals surface area contributed by atoms with Gasteiger partial charge in [-0.1, -0.05) is 17.7 Å². The maximum absolute atomic E-state index is 12.6. The summed E-state index contributed by atoms with van der Waals surface area (Å²) in [5.74, 6) is -0.379. The third-order valence-electron chi connectivity index (χ3n) is 4.19. The molecule has 0 saturated carbocycles. The molecular weight excluding hydrogens is 284 g/mol. The molecule has 0 aromatic heterocycles. The minimum absolute atomic E-state index is 0.0498. The van der Waals surface area contributed by atoms with Gasteiger partial charge < -0.3 is 9.64 Å². The van der Waals surface area contributed by atoms with Crippen LogP contribution in [0.25, 0.3) is 0 Å². The van der Waals surface area contributed by atoms with Crippen molar-refractivity contribution >= 4 is 17.9 Å². The average Bonchev–Trinajstić information content (AvgIpc) is 2.67. The normalized spacial score (nSPS) is 18.5. The topological polar surface area (TPSA) is 66.9 Å². The summed E-state index contributed by atoms with van der Waals surface area (Å²) < 4.78 is 4.70. The van der Waals surface area contributed by atoms with Crippen LogP contribution in [0.5, 0.6) is 0 Å². The highest BCUT2D eigenvalue weighted by Crippen LogP contribution is 2.24. The van der Waals surface area contributed by atoms with Gasteiger partial charge in [-0.25, -0.2) is 9.69 Å². The lowest BCUT2D eigenvalue weighted by molar-refractivity contribution is -0.129. The summed E-state index contributed by atoms with van der Waals surface area (Å²) in [7, 11) is 0. The molecule has 2 heterocycles. The van der Waals surface area contributed by atoms with Crippen LogP contribution >= 0.6 is 0 Å². The minimum Gasteiger partial charge on any atom is -0.439 e. The summed E-state index contributed by atoms with van der Waals surface area (Å²) >= 11 is 0. The van der Waals surface area contributed by atoms with Crippen LogP contribution in [0.2, 0.25) is 0 Å². The van der Waals surface area contributed by atoms with Crippen molar-refractivity contribution in [3.05, 3.63) is 34.4 Å². The average molecular weight is 302 g/mol. The fourth-order valence-electron chi connectivity index (χ4n) is 3.18. The highest BCUT2D eigenvalue weighted by atomic mass is 16.6. The van der Waals surface area contributed by atoms with Gasteiger partial charge in [0, 0.05) is 18.7 Å². The van der Waals surface area contributed by atoms with Crippen LogP contribution in [0.15, 0.2) is 12.1 Å². The van der Waals surface area contributed by atoms with Gasteiger partial charge in [0.05, 0.1) is 6.04 Å². The number of ether oxygens (including phenoxy) is 1. The van der Waals surface area contributed by atoms with E-state index in [1.807, 2.05) is 32.9 Å². The van der Waals surface area contributed by atoms with E-state index in [0.717, 1.165) is 21.6 Å². The Kier molecular flexibility index (Phi) is 3.39. The lowest BCUT2D eigenvalue weighted by Crippen LogP contribution is -2.62. The molecule has 2 aliphatic rings. The summed E-state index contributed by atoms with van der Waals surface area (Å²) in [5.41, 5.74) is 3.73. The SMILES string of the molecule is Cc1cc(C)c(C(=O)N2CC(N3C(=O)COC3=O)C2)c(C)c1. The van der Waals surface area contributed by atoms with Crippen LogP contribution in [-0.2, 0) is 9.53 Å². The minimum atomic E-state index is -0.607. The van der Waals surface area contributed by atoms with Crippen molar-refractivity contribution in [1.29, 1.82) is 0 Å². The zero-order valence-electron chi connectivity index (χ0n) is 12.9. The van der Waals surface area contributed by atoms with E-state index in [1.54, 1.807) is 4.90 Å². The number of nitrogens with zero attached hydrogens (tertiary/aromatic N) is 2. The van der Waals surface area contributed by atoms with Crippen molar-refractivity contribution in [2.45, 2.75) is 26.8 Å². The molecule has 2 fully saturated rings. The van der Waals surface area contributed by atoms with Crippen LogP contribution in [-0.4, -0.2) is 53.4 Å². The molecule has 2 saturated heterocycles. The molecule has 3 rings (SSSR count). The maximum Gasteiger partial charge on any atom is 0.417 e. The summed E-state index contributed by atoms with van der Waals surface area (Å²) in [6, 6.07) is 3.70. The first-order valence-corrected chi connectivity index (χ1v) is 7.24. The third-order valence-corrected chi connectivity index (χ3v) is 4.19. The van der Waals surface area contributed by atoms with Gasteiger partial charge in [0.25, 0.3) is 11.8 Å². The van der Waals surface area contributed by atoms with Crippen molar-refractivity contribution in [3.8, 4) is 0 Å². The first kappa shape index (κ1) is 14.6. The molecule has 1 aromatic carbocycles. The fourth-order valence-corrected chi connectivity index (χ4v) is 3.18. The lowest BCUT2D eigenvalue weighted by Gasteiger charge is -2.42. The summed E-state index contributed by atoms with van der Waals surface area (Å²) in [6.07, 6.45) is -0.607. The first-order chi connectivity index (χ1) is 10.4. The predicted octanol–water partition coefficient (Wildman–Crippen LogP) is 1.42. The van der Waals surface area contributed by atoms with Crippen LogP contribution in [0.4, 0.5) is 4.79 Å². The van der Waals surface area contributed by atoms with Gasteiger partial charge in [-0.15, -0.1) is 0 Å². The zero-order valence-corrected chi connectivity index (χ0v) is 12.9. The molecule has 116 valence electrons. The summed E-state index contributed by atoms with van der Waals surface area (Å²) in [6.45, 7) is 6.38. The molecule has 2 aliphatic heterocycles. The van der Waals surface area contributed by atoms with E-state index >= 15 is 0 Å². The van der Waals surface area contributed by atoms with Crippen molar-refractivity contribution in [3.63, 3.8) is 0 Å². The molecule has 6 heteroatoms. The molecule has 0 bridgehead atoms. The number of aryl methyl sites for hydroxylation is 3. The van der Waals surface area contributed by atoms with Gasteiger partial charge in [0.1, 0.15) is 0 Å². The van der Waals surface area contributed by atoms with Crippen LogP contribution < -0.4 is 0 Å². The second-order valence-electron chi connectivity index (χ2n) is 5.96. The Bertz CT molecular complexity index is 638. The van der Waals surface area contributed by atoms with E-state index in [-0.39, 0.29) is 24.5 Å². The molecule has 1 aromatic rings. The maximum atomic E-state index is 12.6. The lowest BCUT2D eigenvalue weighted by atomic mass is 9.96. The Morgan fingerprint density at radius 1 is 1.14 bits per heavy atom. The Hall–Kier alpha value is -2.37. The number of amides is 3.